The van der Waals surface area contributed by atoms with Crippen LogP contribution in [0, 0.1) is 17.8 Å². The molecular formula is C13H16N4. The van der Waals surface area contributed by atoms with Gasteiger partial charge in [-0.2, -0.15) is 0 Å². The highest BCUT2D eigenvalue weighted by molar-refractivity contribution is 5.16. The minimum atomic E-state index is 0.665. The van der Waals surface area contributed by atoms with Crippen molar-refractivity contribution >= 4 is 0 Å². The average Bonchev–Trinajstić information content (AvgIpc) is 2.81. The first kappa shape index (κ1) is 10.6. The molecule has 17 heavy (non-hydrogen) atoms. The maximum atomic E-state index is 8.30. The number of likely N-dealkylation sites (tertiary alicyclic amines) is 1. The average molecular weight is 228 g/mol. The van der Waals surface area contributed by atoms with E-state index in [1.807, 2.05) is 0 Å². The summed E-state index contributed by atoms with van der Waals surface area (Å²) >= 11 is 0. The van der Waals surface area contributed by atoms with Crippen LogP contribution in [0.25, 0.3) is 10.4 Å². The Hall–Kier alpha value is -1.51. The number of hydrogen-bond donors (Lipinski definition) is 0. The van der Waals surface area contributed by atoms with Gasteiger partial charge in [0, 0.05) is 31.1 Å². The Balaban J connectivity index is 1.51. The lowest BCUT2D eigenvalue weighted by Gasteiger charge is -2.18. The molecule has 0 bridgehead atoms. The molecule has 0 aromatic heterocycles. The van der Waals surface area contributed by atoms with Crippen molar-refractivity contribution in [2.24, 2.45) is 22.9 Å². The van der Waals surface area contributed by atoms with Crippen LogP contribution in [-0.4, -0.2) is 24.5 Å². The normalized spacial score (nSPS) is 30.7. The zero-order valence-corrected chi connectivity index (χ0v) is 9.74. The van der Waals surface area contributed by atoms with Gasteiger partial charge in [0.25, 0.3) is 0 Å². The van der Waals surface area contributed by atoms with Crippen LogP contribution >= 0.6 is 0 Å². The highest BCUT2D eigenvalue weighted by Crippen LogP contribution is 2.51. The van der Waals surface area contributed by atoms with Gasteiger partial charge in [-0.05, 0) is 28.8 Å². The van der Waals surface area contributed by atoms with E-state index in [1.54, 1.807) is 0 Å². The first-order valence-corrected chi connectivity index (χ1v) is 6.15. The van der Waals surface area contributed by atoms with Crippen LogP contribution in [0.2, 0.25) is 0 Å². The Kier molecular flexibility index (Phi) is 2.75. The molecule has 0 N–H and O–H groups in total. The molecule has 3 rings (SSSR count). The van der Waals surface area contributed by atoms with Crippen molar-refractivity contribution < 1.29 is 0 Å². The molecular weight excluding hydrogens is 212 g/mol. The predicted octanol–water partition coefficient (Wildman–Crippen LogP) is 2.67. The molecule has 1 saturated heterocycles. The smallest absolute Gasteiger partial charge is 0.0292 e. The number of rotatable bonds is 4. The summed E-state index contributed by atoms with van der Waals surface area (Å²) in [6.07, 6.45) is 0. The van der Waals surface area contributed by atoms with Crippen molar-refractivity contribution in [3.05, 3.63) is 46.3 Å². The number of azide groups is 1. The Morgan fingerprint density at radius 2 is 1.94 bits per heavy atom. The molecule has 1 aliphatic heterocycles. The topological polar surface area (TPSA) is 52.0 Å². The number of benzene rings is 1. The third-order valence-corrected chi connectivity index (χ3v) is 4.05. The van der Waals surface area contributed by atoms with Crippen LogP contribution in [0.3, 0.4) is 0 Å². The van der Waals surface area contributed by atoms with Gasteiger partial charge >= 0.3 is 0 Å². The molecule has 1 aliphatic carbocycles. The van der Waals surface area contributed by atoms with Crippen molar-refractivity contribution in [2.45, 2.75) is 6.54 Å². The van der Waals surface area contributed by atoms with Crippen LogP contribution in [0.4, 0.5) is 0 Å². The van der Waals surface area contributed by atoms with Crippen LogP contribution in [0.15, 0.2) is 35.4 Å². The van der Waals surface area contributed by atoms with Crippen LogP contribution in [0.1, 0.15) is 5.56 Å². The van der Waals surface area contributed by atoms with Crippen LogP contribution in [0.5, 0.6) is 0 Å². The predicted molar refractivity (Wildman–Crippen MR) is 66.2 cm³/mol. The summed E-state index contributed by atoms with van der Waals surface area (Å²) in [7, 11) is 0. The molecule has 4 heteroatoms. The van der Waals surface area contributed by atoms with Gasteiger partial charge < -0.3 is 0 Å². The van der Waals surface area contributed by atoms with Gasteiger partial charge in [-0.1, -0.05) is 35.4 Å². The Morgan fingerprint density at radius 1 is 1.24 bits per heavy atom. The van der Waals surface area contributed by atoms with Crippen molar-refractivity contribution in [1.82, 2.24) is 4.90 Å². The third-order valence-electron chi connectivity index (χ3n) is 4.05. The van der Waals surface area contributed by atoms with Gasteiger partial charge in [-0.15, -0.1) is 0 Å². The molecule has 1 heterocycles. The number of nitrogens with zero attached hydrogens (tertiary/aromatic N) is 4. The molecule has 0 spiro atoms. The fraction of sp³-hybridized carbons (Fsp3) is 0.538. The van der Waals surface area contributed by atoms with Gasteiger partial charge in [0.1, 0.15) is 0 Å². The zero-order valence-electron chi connectivity index (χ0n) is 9.74. The second-order valence-electron chi connectivity index (χ2n) is 5.08. The van der Waals surface area contributed by atoms with Gasteiger partial charge in [-0.3, -0.25) is 4.90 Å². The molecule has 2 fully saturated rings. The molecule has 1 aromatic carbocycles. The number of piperidine rings is 1. The van der Waals surface area contributed by atoms with E-state index in [9.17, 15) is 0 Å². The first-order valence-electron chi connectivity index (χ1n) is 6.15. The summed E-state index contributed by atoms with van der Waals surface area (Å²) in [5.41, 5.74) is 9.69. The quantitative estimate of drug-likeness (QED) is 0.444. The van der Waals surface area contributed by atoms with Crippen molar-refractivity contribution in [3.63, 3.8) is 0 Å². The highest BCUT2D eigenvalue weighted by atomic mass is 15.2. The molecule has 2 atom stereocenters. The monoisotopic (exact) mass is 228 g/mol. The molecule has 88 valence electrons. The standard InChI is InChI=1S/C13H16N4/c14-16-15-6-11-12-8-17(9-13(11)12)7-10-4-2-1-3-5-10/h1-5,11-13H,6-9H2. The van der Waals surface area contributed by atoms with E-state index in [4.69, 9.17) is 5.53 Å². The summed E-state index contributed by atoms with van der Waals surface area (Å²) in [5, 5.41) is 3.69. The molecule has 2 unspecified atom stereocenters. The van der Waals surface area contributed by atoms with E-state index in [1.165, 1.54) is 18.7 Å². The van der Waals surface area contributed by atoms with Gasteiger partial charge in [0.2, 0.25) is 0 Å². The van der Waals surface area contributed by atoms with E-state index >= 15 is 0 Å². The third kappa shape index (κ3) is 2.14. The van der Waals surface area contributed by atoms with Gasteiger partial charge in [0.05, 0.1) is 0 Å². The lowest BCUT2D eigenvalue weighted by molar-refractivity contribution is 0.279. The molecule has 1 aromatic rings. The lowest BCUT2D eigenvalue weighted by atomic mass is 10.2. The lowest BCUT2D eigenvalue weighted by Crippen LogP contribution is -2.24. The number of hydrogen-bond acceptors (Lipinski definition) is 2. The summed E-state index contributed by atoms with van der Waals surface area (Å²) < 4.78 is 0. The van der Waals surface area contributed by atoms with E-state index in [0.29, 0.717) is 12.5 Å². The van der Waals surface area contributed by atoms with E-state index in [2.05, 4.69) is 45.3 Å². The maximum absolute atomic E-state index is 8.30. The summed E-state index contributed by atoms with van der Waals surface area (Å²) in [6, 6.07) is 10.6. The second-order valence-corrected chi connectivity index (χ2v) is 5.08. The highest BCUT2D eigenvalue weighted by Gasteiger charge is 2.54. The summed E-state index contributed by atoms with van der Waals surface area (Å²) in [6.45, 7) is 4.10. The molecule has 2 aliphatic rings. The summed E-state index contributed by atoms with van der Waals surface area (Å²) in [4.78, 5) is 5.35. The zero-order chi connectivity index (χ0) is 11.7. The van der Waals surface area contributed by atoms with Crippen molar-refractivity contribution in [2.75, 3.05) is 19.6 Å². The Morgan fingerprint density at radius 3 is 2.59 bits per heavy atom. The Bertz CT molecular complexity index is 426. The maximum Gasteiger partial charge on any atom is 0.0292 e. The van der Waals surface area contributed by atoms with E-state index in [-0.39, 0.29) is 0 Å². The largest absolute Gasteiger partial charge is 0.298 e. The Labute approximate surface area is 101 Å². The van der Waals surface area contributed by atoms with E-state index < -0.39 is 0 Å². The van der Waals surface area contributed by atoms with Gasteiger partial charge in [-0.25, -0.2) is 0 Å². The van der Waals surface area contributed by atoms with Crippen LogP contribution in [-0.2, 0) is 6.54 Å². The number of fused-ring (bicyclic) bond motifs is 1. The molecule has 4 nitrogen and oxygen atoms in total. The minimum Gasteiger partial charge on any atom is -0.298 e. The molecule has 0 radical (unpaired) electrons. The fourth-order valence-corrected chi connectivity index (χ4v) is 3.11. The second kappa shape index (κ2) is 4.40. The van der Waals surface area contributed by atoms with Gasteiger partial charge in [0.15, 0.2) is 0 Å². The minimum absolute atomic E-state index is 0.665. The van der Waals surface area contributed by atoms with Crippen LogP contribution < -0.4 is 0 Å². The molecule has 0 amide bonds. The fourth-order valence-electron chi connectivity index (χ4n) is 3.11. The summed E-state index contributed by atoms with van der Waals surface area (Å²) in [5.74, 6) is 2.23. The van der Waals surface area contributed by atoms with E-state index in [0.717, 1.165) is 18.4 Å². The van der Waals surface area contributed by atoms with Crippen molar-refractivity contribution in [1.29, 1.82) is 0 Å². The van der Waals surface area contributed by atoms with Crippen molar-refractivity contribution in [3.8, 4) is 0 Å². The molecule has 1 saturated carbocycles. The first-order chi connectivity index (χ1) is 8.38. The SMILES string of the molecule is [N-]=[N+]=NCC1C2CN(Cc3ccccc3)CC12.